The Morgan fingerprint density at radius 1 is 1.32 bits per heavy atom. The van der Waals surface area contributed by atoms with E-state index in [9.17, 15) is 13.2 Å². The van der Waals surface area contributed by atoms with Crippen LogP contribution in [0.15, 0.2) is 18.2 Å². The molecule has 0 fully saturated rings. The molecule has 0 radical (unpaired) electrons. The minimum atomic E-state index is -3.43. The van der Waals surface area contributed by atoms with Crippen LogP contribution in [0.1, 0.15) is 20.9 Å². The Kier molecular flexibility index (Phi) is 4.74. The smallest absolute Gasteiger partial charge is 0.267 e. The normalized spacial score (nSPS) is 11.3. The maximum atomic E-state index is 12.3. The van der Waals surface area contributed by atoms with E-state index in [1.54, 1.807) is 25.1 Å². The monoisotopic (exact) mass is 359 g/mol. The van der Waals surface area contributed by atoms with Gasteiger partial charge in [0.25, 0.3) is 5.91 Å². The van der Waals surface area contributed by atoms with Crippen LogP contribution >= 0.6 is 22.9 Å². The standard InChI is InChI=1S/C13H14ClN3O3S2/c1-7-4-5-9(14)6-10(7)16-12(18)11-8(2)15-13(21-11)17-22(3,19)20/h4-6H,1-3H3,(H,15,17)(H,16,18). The highest BCUT2D eigenvalue weighted by molar-refractivity contribution is 7.92. The van der Waals surface area contributed by atoms with Gasteiger partial charge in [-0.3, -0.25) is 9.52 Å². The van der Waals surface area contributed by atoms with E-state index < -0.39 is 10.0 Å². The molecule has 1 amide bonds. The van der Waals surface area contributed by atoms with Gasteiger partial charge in [-0.15, -0.1) is 0 Å². The Morgan fingerprint density at radius 3 is 2.64 bits per heavy atom. The van der Waals surface area contributed by atoms with Crippen molar-refractivity contribution in [2.45, 2.75) is 13.8 Å². The highest BCUT2D eigenvalue weighted by atomic mass is 35.5. The molecule has 0 aliphatic heterocycles. The molecule has 0 spiro atoms. The molecule has 1 aromatic carbocycles. The number of nitrogens with one attached hydrogen (secondary N) is 2. The topological polar surface area (TPSA) is 88.2 Å². The average molecular weight is 360 g/mol. The van der Waals surface area contributed by atoms with Crippen molar-refractivity contribution in [3.63, 3.8) is 0 Å². The number of carbonyl (C=O) groups excluding carboxylic acids is 1. The van der Waals surface area contributed by atoms with Crippen molar-refractivity contribution < 1.29 is 13.2 Å². The zero-order valence-corrected chi connectivity index (χ0v) is 14.5. The van der Waals surface area contributed by atoms with E-state index in [1.165, 1.54) is 0 Å². The molecule has 22 heavy (non-hydrogen) atoms. The quantitative estimate of drug-likeness (QED) is 0.878. The molecule has 0 saturated carbocycles. The minimum absolute atomic E-state index is 0.160. The van der Waals surface area contributed by atoms with Crippen molar-refractivity contribution in [1.82, 2.24) is 4.98 Å². The van der Waals surface area contributed by atoms with Crippen LogP contribution in [0, 0.1) is 13.8 Å². The van der Waals surface area contributed by atoms with Gasteiger partial charge in [0.15, 0.2) is 5.13 Å². The van der Waals surface area contributed by atoms with Gasteiger partial charge < -0.3 is 5.32 Å². The summed E-state index contributed by atoms with van der Waals surface area (Å²) in [5, 5.41) is 3.43. The number of halogens is 1. The largest absolute Gasteiger partial charge is 0.321 e. The van der Waals surface area contributed by atoms with Gasteiger partial charge in [0, 0.05) is 10.7 Å². The number of benzene rings is 1. The predicted molar refractivity (Wildman–Crippen MR) is 89.5 cm³/mol. The molecule has 0 bridgehead atoms. The Bertz CT molecular complexity index is 831. The summed E-state index contributed by atoms with van der Waals surface area (Å²) in [5.74, 6) is -0.359. The maximum Gasteiger partial charge on any atom is 0.267 e. The van der Waals surface area contributed by atoms with Crippen molar-refractivity contribution in [3.8, 4) is 0 Å². The first-order chi connectivity index (χ1) is 10.2. The summed E-state index contributed by atoms with van der Waals surface area (Å²) in [6, 6.07) is 5.19. The summed E-state index contributed by atoms with van der Waals surface area (Å²) < 4.78 is 24.7. The second-order valence-corrected chi connectivity index (χ2v) is 7.91. The van der Waals surface area contributed by atoms with Gasteiger partial charge >= 0.3 is 0 Å². The van der Waals surface area contributed by atoms with Crippen LogP contribution in [-0.4, -0.2) is 25.6 Å². The molecule has 1 heterocycles. The number of aromatic nitrogens is 1. The minimum Gasteiger partial charge on any atom is -0.321 e. The summed E-state index contributed by atoms with van der Waals surface area (Å²) >= 11 is 6.89. The lowest BCUT2D eigenvalue weighted by Crippen LogP contribution is -2.12. The summed E-state index contributed by atoms with van der Waals surface area (Å²) in [5.41, 5.74) is 1.92. The third kappa shape index (κ3) is 4.19. The van der Waals surface area contributed by atoms with Gasteiger partial charge in [0.1, 0.15) is 4.88 Å². The van der Waals surface area contributed by atoms with Crippen molar-refractivity contribution in [2.75, 3.05) is 16.3 Å². The predicted octanol–water partition coefficient (Wildman–Crippen LogP) is 3.04. The number of amides is 1. The molecule has 1 aromatic heterocycles. The van der Waals surface area contributed by atoms with Gasteiger partial charge in [-0.2, -0.15) is 0 Å². The van der Waals surface area contributed by atoms with Crippen LogP contribution in [0.3, 0.4) is 0 Å². The fraction of sp³-hybridized carbons (Fsp3) is 0.231. The van der Waals surface area contributed by atoms with Crippen molar-refractivity contribution in [3.05, 3.63) is 39.4 Å². The summed E-state index contributed by atoms with van der Waals surface area (Å²) in [6.07, 6.45) is 1.03. The molecule has 2 N–H and O–H groups in total. The molecule has 9 heteroatoms. The number of aryl methyl sites for hydroxylation is 2. The molecular formula is C13H14ClN3O3S2. The number of hydrogen-bond acceptors (Lipinski definition) is 5. The summed E-state index contributed by atoms with van der Waals surface area (Å²) in [7, 11) is -3.43. The Morgan fingerprint density at radius 2 is 2.00 bits per heavy atom. The van der Waals surface area contributed by atoms with E-state index in [4.69, 9.17) is 11.6 Å². The number of rotatable bonds is 4. The van der Waals surface area contributed by atoms with Crippen molar-refractivity contribution in [1.29, 1.82) is 0 Å². The SMILES string of the molecule is Cc1ccc(Cl)cc1NC(=O)c1sc(NS(C)(=O)=O)nc1C. The lowest BCUT2D eigenvalue weighted by atomic mass is 10.2. The van der Waals surface area contributed by atoms with Crippen LogP contribution < -0.4 is 10.0 Å². The van der Waals surface area contributed by atoms with E-state index >= 15 is 0 Å². The van der Waals surface area contributed by atoms with E-state index in [-0.39, 0.29) is 11.0 Å². The van der Waals surface area contributed by atoms with Crippen LogP contribution in [0.4, 0.5) is 10.8 Å². The highest BCUT2D eigenvalue weighted by Gasteiger charge is 2.17. The third-order valence-corrected chi connectivity index (χ3v) is 4.72. The number of sulfonamides is 1. The second kappa shape index (κ2) is 6.23. The summed E-state index contributed by atoms with van der Waals surface area (Å²) in [6.45, 7) is 3.49. The molecule has 0 unspecified atom stereocenters. The average Bonchev–Trinajstić information content (AvgIpc) is 2.72. The van der Waals surface area contributed by atoms with Gasteiger partial charge in [-0.25, -0.2) is 13.4 Å². The van der Waals surface area contributed by atoms with E-state index in [0.717, 1.165) is 23.2 Å². The lowest BCUT2D eigenvalue weighted by Gasteiger charge is -2.07. The zero-order valence-electron chi connectivity index (χ0n) is 12.1. The summed E-state index contributed by atoms with van der Waals surface area (Å²) in [4.78, 5) is 16.7. The number of hydrogen-bond donors (Lipinski definition) is 2. The number of carbonyl (C=O) groups is 1. The molecular weight excluding hydrogens is 346 g/mol. The Hall–Kier alpha value is -1.64. The fourth-order valence-corrected chi connectivity index (χ4v) is 3.59. The molecule has 2 rings (SSSR count). The van der Waals surface area contributed by atoms with Crippen molar-refractivity contribution >= 4 is 49.7 Å². The van der Waals surface area contributed by atoms with Crippen LogP contribution in [0.2, 0.25) is 5.02 Å². The van der Waals surface area contributed by atoms with Gasteiger partial charge in [-0.05, 0) is 31.5 Å². The van der Waals surface area contributed by atoms with Crippen LogP contribution in [0.5, 0.6) is 0 Å². The Balaban J connectivity index is 2.25. The van der Waals surface area contributed by atoms with Gasteiger partial charge in [0.05, 0.1) is 11.9 Å². The molecule has 0 aliphatic carbocycles. The Labute approximate surface area is 137 Å². The molecule has 118 valence electrons. The molecule has 6 nitrogen and oxygen atoms in total. The number of thiazole rings is 1. The molecule has 0 saturated heterocycles. The highest BCUT2D eigenvalue weighted by Crippen LogP contribution is 2.26. The molecule has 0 atom stereocenters. The third-order valence-electron chi connectivity index (χ3n) is 2.72. The van der Waals surface area contributed by atoms with Gasteiger partial charge in [0.2, 0.25) is 10.0 Å². The second-order valence-electron chi connectivity index (χ2n) is 4.72. The number of anilines is 2. The first kappa shape index (κ1) is 16.7. The lowest BCUT2D eigenvalue weighted by molar-refractivity contribution is 0.102. The zero-order chi connectivity index (χ0) is 16.5. The fourth-order valence-electron chi connectivity index (χ4n) is 1.72. The van der Waals surface area contributed by atoms with Gasteiger partial charge in [-0.1, -0.05) is 29.0 Å². The first-order valence-electron chi connectivity index (χ1n) is 6.18. The van der Waals surface area contributed by atoms with Crippen LogP contribution in [-0.2, 0) is 10.0 Å². The van der Waals surface area contributed by atoms with E-state index in [2.05, 4.69) is 15.0 Å². The first-order valence-corrected chi connectivity index (χ1v) is 9.27. The van der Waals surface area contributed by atoms with Crippen molar-refractivity contribution in [2.24, 2.45) is 0 Å². The molecule has 2 aromatic rings. The molecule has 0 aliphatic rings. The van der Waals surface area contributed by atoms with E-state index in [1.807, 2.05) is 6.92 Å². The number of nitrogens with zero attached hydrogens (tertiary/aromatic N) is 1. The maximum absolute atomic E-state index is 12.3. The van der Waals surface area contributed by atoms with Crippen LogP contribution in [0.25, 0.3) is 0 Å². The van der Waals surface area contributed by atoms with E-state index in [0.29, 0.717) is 21.3 Å².